The zero-order valence-corrected chi connectivity index (χ0v) is 21.7. The van der Waals surface area contributed by atoms with Gasteiger partial charge in [0, 0.05) is 46.5 Å². The lowest BCUT2D eigenvalue weighted by Gasteiger charge is -2.39. The van der Waals surface area contributed by atoms with Crippen molar-refractivity contribution in [3.05, 3.63) is 78.3 Å². The van der Waals surface area contributed by atoms with E-state index in [1.807, 2.05) is 46.1 Å². The number of H-pyrrole nitrogens is 1. The number of aromatic amines is 1. The zero-order chi connectivity index (χ0) is 26.6. The number of nitrogens with one attached hydrogen (secondary N) is 2. The van der Waals surface area contributed by atoms with Crippen LogP contribution in [0.25, 0.3) is 28.0 Å². The SMILES string of the molecule is O=C(c1ncn[nH]1)N1C2CCC1CC(c1nc3c(-c4ccc(-c5ccccc5)nc4)cnn3c3c1COCN3)C2. The Bertz CT molecular complexity index is 1690. The molecule has 2 saturated heterocycles. The van der Waals surface area contributed by atoms with Gasteiger partial charge in [0.15, 0.2) is 5.65 Å². The summed E-state index contributed by atoms with van der Waals surface area (Å²) in [6.07, 6.45) is 8.81. The van der Waals surface area contributed by atoms with Crippen molar-refractivity contribution in [2.75, 3.05) is 12.0 Å². The third kappa shape index (κ3) is 3.69. The highest BCUT2D eigenvalue weighted by atomic mass is 16.5. The molecule has 8 rings (SSSR count). The maximum absolute atomic E-state index is 13.2. The number of hydrogen-bond acceptors (Lipinski definition) is 8. The number of piperidine rings is 1. The number of aromatic nitrogens is 7. The summed E-state index contributed by atoms with van der Waals surface area (Å²) in [4.78, 5) is 29.3. The molecule has 0 saturated carbocycles. The van der Waals surface area contributed by atoms with Crippen molar-refractivity contribution < 1.29 is 9.53 Å². The summed E-state index contributed by atoms with van der Waals surface area (Å²) in [5.74, 6) is 1.38. The first-order valence-corrected chi connectivity index (χ1v) is 13.7. The molecule has 200 valence electrons. The number of pyridine rings is 1. The van der Waals surface area contributed by atoms with E-state index >= 15 is 0 Å². The quantitative estimate of drug-likeness (QED) is 0.355. The normalized spacial score (nSPS) is 21.8. The van der Waals surface area contributed by atoms with E-state index in [2.05, 4.69) is 38.7 Å². The van der Waals surface area contributed by atoms with Crippen LogP contribution in [0, 0.1) is 0 Å². The molecule has 2 fully saturated rings. The second kappa shape index (κ2) is 9.23. The summed E-state index contributed by atoms with van der Waals surface area (Å²) in [5, 5.41) is 14.7. The molecule has 3 aliphatic rings. The molecule has 2 N–H and O–H groups in total. The summed E-state index contributed by atoms with van der Waals surface area (Å²) in [6.45, 7) is 0.902. The average molecular weight is 534 g/mol. The first-order chi connectivity index (χ1) is 19.7. The lowest BCUT2D eigenvalue weighted by atomic mass is 9.85. The van der Waals surface area contributed by atoms with E-state index in [1.54, 1.807) is 0 Å². The van der Waals surface area contributed by atoms with E-state index in [-0.39, 0.29) is 23.9 Å². The average Bonchev–Trinajstić information content (AvgIpc) is 3.75. The molecule has 40 heavy (non-hydrogen) atoms. The van der Waals surface area contributed by atoms with Crippen LogP contribution in [-0.2, 0) is 11.3 Å². The summed E-state index contributed by atoms with van der Waals surface area (Å²) in [6, 6.07) is 14.6. The third-order valence-electron chi connectivity index (χ3n) is 8.48. The Kier molecular flexibility index (Phi) is 5.37. The summed E-state index contributed by atoms with van der Waals surface area (Å²) in [7, 11) is 0. The third-order valence-corrected chi connectivity index (χ3v) is 8.48. The summed E-state index contributed by atoms with van der Waals surface area (Å²) in [5.41, 5.74) is 6.78. The van der Waals surface area contributed by atoms with Crippen molar-refractivity contribution >= 4 is 17.4 Å². The van der Waals surface area contributed by atoms with Gasteiger partial charge in [-0.25, -0.2) is 9.97 Å². The van der Waals surface area contributed by atoms with Crippen LogP contribution in [0.15, 0.2) is 61.2 Å². The number of amides is 1. The van der Waals surface area contributed by atoms with Crippen molar-refractivity contribution in [1.29, 1.82) is 0 Å². The van der Waals surface area contributed by atoms with Crippen LogP contribution in [-0.4, -0.2) is 64.4 Å². The van der Waals surface area contributed by atoms with Crippen LogP contribution in [0.3, 0.4) is 0 Å². The van der Waals surface area contributed by atoms with E-state index in [1.165, 1.54) is 6.33 Å². The monoisotopic (exact) mass is 533 g/mol. The standard InChI is InChI=1S/C29H27N9O2/c39-29(26-31-15-33-36-26)37-20-7-8-21(37)11-19(10-20)25-23-14-40-16-32-27(23)38-28(35-25)22(13-34-38)18-6-9-24(30-12-18)17-4-2-1-3-5-17/h1-6,9,12-13,15,19-21,32H,7-8,10-11,14,16H2,(H,31,33,36). The van der Waals surface area contributed by atoms with E-state index in [0.29, 0.717) is 19.2 Å². The Balaban J connectivity index is 1.16. The molecule has 7 heterocycles. The van der Waals surface area contributed by atoms with Crippen LogP contribution in [0.2, 0.25) is 0 Å². The van der Waals surface area contributed by atoms with Gasteiger partial charge < -0.3 is 15.0 Å². The maximum Gasteiger partial charge on any atom is 0.291 e. The number of carbonyl (C=O) groups excluding carboxylic acids is 1. The van der Waals surface area contributed by atoms with E-state index < -0.39 is 0 Å². The van der Waals surface area contributed by atoms with Crippen molar-refractivity contribution in [2.45, 2.75) is 50.3 Å². The van der Waals surface area contributed by atoms with E-state index in [4.69, 9.17) is 19.8 Å². The Morgan fingerprint density at radius 1 is 0.975 bits per heavy atom. The number of anilines is 1. The number of fused-ring (bicyclic) bond motifs is 5. The number of benzene rings is 1. The second-order valence-corrected chi connectivity index (χ2v) is 10.7. The first-order valence-electron chi connectivity index (χ1n) is 13.7. The Labute approximate surface area is 229 Å². The lowest BCUT2D eigenvalue weighted by Crippen LogP contribution is -2.46. The predicted molar refractivity (Wildman–Crippen MR) is 146 cm³/mol. The van der Waals surface area contributed by atoms with Gasteiger partial charge in [0.05, 0.1) is 24.2 Å². The number of rotatable bonds is 4. The molecule has 4 aromatic heterocycles. The largest absolute Gasteiger partial charge is 0.356 e. The molecule has 0 aliphatic carbocycles. The Morgan fingerprint density at radius 3 is 2.58 bits per heavy atom. The number of carbonyl (C=O) groups is 1. The molecule has 2 bridgehead atoms. The minimum Gasteiger partial charge on any atom is -0.356 e. The van der Waals surface area contributed by atoms with Gasteiger partial charge in [-0.2, -0.15) is 14.7 Å². The minimum atomic E-state index is -0.0663. The van der Waals surface area contributed by atoms with E-state index in [9.17, 15) is 4.79 Å². The van der Waals surface area contributed by atoms with E-state index in [0.717, 1.165) is 70.8 Å². The molecule has 11 heteroatoms. The topological polar surface area (TPSA) is 126 Å². The summed E-state index contributed by atoms with van der Waals surface area (Å²) >= 11 is 0. The first kappa shape index (κ1) is 23.3. The van der Waals surface area contributed by atoms with Gasteiger partial charge in [-0.05, 0) is 31.7 Å². The molecule has 11 nitrogen and oxygen atoms in total. The van der Waals surface area contributed by atoms with Gasteiger partial charge >= 0.3 is 0 Å². The molecular weight excluding hydrogens is 506 g/mol. The lowest BCUT2D eigenvalue weighted by molar-refractivity contribution is 0.0554. The van der Waals surface area contributed by atoms with Crippen LogP contribution < -0.4 is 5.32 Å². The van der Waals surface area contributed by atoms with Crippen LogP contribution in [0.4, 0.5) is 5.82 Å². The number of ether oxygens (including phenoxy) is 1. The maximum atomic E-state index is 13.2. The molecule has 1 amide bonds. The van der Waals surface area contributed by atoms with Gasteiger partial charge in [0.25, 0.3) is 5.91 Å². The highest BCUT2D eigenvalue weighted by Gasteiger charge is 2.45. The van der Waals surface area contributed by atoms with Crippen LogP contribution >= 0.6 is 0 Å². The van der Waals surface area contributed by atoms with Gasteiger partial charge in [-0.15, -0.1) is 0 Å². The Morgan fingerprint density at radius 2 is 1.82 bits per heavy atom. The fraction of sp³-hybridized carbons (Fsp3) is 0.310. The highest BCUT2D eigenvalue weighted by Crippen LogP contribution is 2.45. The smallest absolute Gasteiger partial charge is 0.291 e. The van der Waals surface area contributed by atoms with Gasteiger partial charge in [-0.3, -0.25) is 14.9 Å². The fourth-order valence-corrected chi connectivity index (χ4v) is 6.68. The highest BCUT2D eigenvalue weighted by molar-refractivity contribution is 5.91. The van der Waals surface area contributed by atoms with Crippen molar-refractivity contribution in [1.82, 2.24) is 39.7 Å². The van der Waals surface area contributed by atoms with Crippen molar-refractivity contribution in [3.8, 4) is 22.4 Å². The number of hydrogen-bond donors (Lipinski definition) is 2. The molecular formula is C29H27N9O2. The fourth-order valence-electron chi connectivity index (χ4n) is 6.68. The Hall–Kier alpha value is -4.64. The zero-order valence-electron chi connectivity index (χ0n) is 21.7. The predicted octanol–water partition coefficient (Wildman–Crippen LogP) is 4.03. The van der Waals surface area contributed by atoms with Crippen LogP contribution in [0.1, 0.15) is 53.5 Å². The molecule has 0 radical (unpaired) electrons. The van der Waals surface area contributed by atoms with Crippen molar-refractivity contribution in [2.24, 2.45) is 0 Å². The van der Waals surface area contributed by atoms with Gasteiger partial charge in [-0.1, -0.05) is 36.4 Å². The molecule has 0 spiro atoms. The van der Waals surface area contributed by atoms with Crippen LogP contribution in [0.5, 0.6) is 0 Å². The molecule has 2 atom stereocenters. The van der Waals surface area contributed by atoms with Gasteiger partial charge in [0.2, 0.25) is 5.82 Å². The molecule has 3 aliphatic heterocycles. The molecule has 5 aromatic rings. The van der Waals surface area contributed by atoms with Gasteiger partial charge in [0.1, 0.15) is 18.9 Å². The second-order valence-electron chi connectivity index (χ2n) is 10.7. The number of nitrogens with zero attached hydrogens (tertiary/aromatic N) is 7. The molecule has 2 unspecified atom stereocenters. The minimum absolute atomic E-state index is 0.0663. The summed E-state index contributed by atoms with van der Waals surface area (Å²) < 4.78 is 7.70. The van der Waals surface area contributed by atoms with Crippen molar-refractivity contribution in [3.63, 3.8) is 0 Å². The molecule has 1 aromatic carbocycles.